The lowest BCUT2D eigenvalue weighted by Gasteiger charge is -2.15. The molecule has 1 N–H and O–H groups in total. The molecule has 0 aliphatic carbocycles. The van der Waals surface area contributed by atoms with E-state index in [4.69, 9.17) is 0 Å². The van der Waals surface area contributed by atoms with Gasteiger partial charge in [-0.05, 0) is 43.7 Å². The Bertz CT molecular complexity index is 1100. The number of nitrogens with zero attached hydrogens (tertiary/aromatic N) is 2. The third kappa shape index (κ3) is 3.68. The minimum absolute atomic E-state index is 0.137. The van der Waals surface area contributed by atoms with Crippen LogP contribution in [-0.4, -0.2) is 37.3 Å². The van der Waals surface area contributed by atoms with E-state index in [1.165, 1.54) is 18.4 Å². The number of fused-ring (bicyclic) bond motifs is 1. The summed E-state index contributed by atoms with van der Waals surface area (Å²) < 4.78 is 27.9. The third-order valence-electron chi connectivity index (χ3n) is 4.85. The van der Waals surface area contributed by atoms with E-state index in [1.54, 1.807) is 24.3 Å². The van der Waals surface area contributed by atoms with E-state index in [9.17, 15) is 13.2 Å². The maximum Gasteiger partial charge on any atom is 0.268 e. The zero-order valence-corrected chi connectivity index (χ0v) is 17.3. The molecule has 28 heavy (non-hydrogen) atoms. The van der Waals surface area contributed by atoms with E-state index in [1.807, 2.05) is 48.7 Å². The summed E-state index contributed by atoms with van der Waals surface area (Å²) in [6.45, 7) is 4.50. The summed E-state index contributed by atoms with van der Waals surface area (Å²) in [7, 11) is -0.529. The lowest BCUT2D eigenvalue weighted by atomic mass is 10.1. The van der Waals surface area contributed by atoms with Crippen LogP contribution in [0.3, 0.4) is 0 Å². The molecule has 0 bridgehead atoms. The number of sulfonamides is 1. The highest BCUT2D eigenvalue weighted by Gasteiger charge is 2.21. The van der Waals surface area contributed by atoms with Gasteiger partial charge in [-0.2, -0.15) is 0 Å². The quantitative estimate of drug-likeness (QED) is 0.691. The van der Waals surface area contributed by atoms with Gasteiger partial charge in [0.25, 0.3) is 5.91 Å². The molecule has 3 rings (SSSR count). The number of aryl methyl sites for hydroxylation is 1. The highest BCUT2D eigenvalue weighted by Crippen LogP contribution is 2.25. The Kier molecular flexibility index (Phi) is 5.58. The van der Waals surface area contributed by atoms with Crippen molar-refractivity contribution in [3.63, 3.8) is 0 Å². The van der Waals surface area contributed by atoms with Crippen LogP contribution in [0.25, 0.3) is 10.9 Å². The van der Waals surface area contributed by atoms with Gasteiger partial charge in [0.15, 0.2) is 0 Å². The summed E-state index contributed by atoms with van der Waals surface area (Å²) in [5, 5.41) is 3.75. The van der Waals surface area contributed by atoms with Crippen LogP contribution in [0.2, 0.25) is 0 Å². The molecule has 6 nitrogen and oxygen atoms in total. The van der Waals surface area contributed by atoms with E-state index < -0.39 is 10.0 Å². The Hall–Kier alpha value is -2.64. The molecular weight excluding hydrogens is 374 g/mol. The van der Waals surface area contributed by atoms with E-state index in [0.717, 1.165) is 16.5 Å². The fourth-order valence-corrected chi connectivity index (χ4v) is 4.18. The second-order valence-corrected chi connectivity index (χ2v) is 9.04. The van der Waals surface area contributed by atoms with Crippen LogP contribution in [0.4, 0.5) is 0 Å². The lowest BCUT2D eigenvalue weighted by molar-refractivity contribution is 0.0931. The number of benzene rings is 2. The lowest BCUT2D eigenvalue weighted by Crippen LogP contribution is -2.28. The minimum atomic E-state index is -3.53. The maximum absolute atomic E-state index is 12.9. The van der Waals surface area contributed by atoms with Gasteiger partial charge in [-0.25, -0.2) is 12.7 Å². The van der Waals surface area contributed by atoms with Gasteiger partial charge >= 0.3 is 0 Å². The van der Waals surface area contributed by atoms with Crippen molar-refractivity contribution in [1.29, 1.82) is 0 Å². The standard InChI is InChI=1S/C21H25N3O3S/c1-5-24-19-12-11-18(28(26,27)23(3)4)13-17(19)14-20(24)21(25)22-15(2)16-9-7-6-8-10-16/h6-15H,5H2,1-4H3,(H,22,25)/t15-/m0/s1. The van der Waals surface area contributed by atoms with Crippen LogP contribution in [-0.2, 0) is 16.6 Å². The topological polar surface area (TPSA) is 71.4 Å². The van der Waals surface area contributed by atoms with Crippen molar-refractivity contribution in [1.82, 2.24) is 14.2 Å². The first-order valence-corrected chi connectivity index (χ1v) is 10.6. The Morgan fingerprint density at radius 2 is 1.79 bits per heavy atom. The Morgan fingerprint density at radius 1 is 1.11 bits per heavy atom. The second-order valence-electron chi connectivity index (χ2n) is 6.89. The Balaban J connectivity index is 1.98. The normalized spacial score (nSPS) is 13.0. The molecule has 7 heteroatoms. The molecule has 2 aromatic carbocycles. The maximum atomic E-state index is 12.9. The zero-order valence-electron chi connectivity index (χ0n) is 16.5. The largest absolute Gasteiger partial charge is 0.344 e. The average molecular weight is 400 g/mol. The van der Waals surface area contributed by atoms with Crippen molar-refractivity contribution in [3.05, 3.63) is 65.9 Å². The molecule has 1 amide bonds. The summed E-state index contributed by atoms with van der Waals surface area (Å²) in [5.41, 5.74) is 2.37. The minimum Gasteiger partial charge on any atom is -0.344 e. The summed E-state index contributed by atoms with van der Waals surface area (Å²) in [4.78, 5) is 13.1. The van der Waals surface area contributed by atoms with Crippen LogP contribution < -0.4 is 5.32 Å². The monoisotopic (exact) mass is 399 g/mol. The van der Waals surface area contributed by atoms with Crippen LogP contribution in [0.1, 0.15) is 35.9 Å². The number of nitrogens with one attached hydrogen (secondary N) is 1. The number of hydrogen-bond acceptors (Lipinski definition) is 3. The molecule has 148 valence electrons. The van der Waals surface area contributed by atoms with Gasteiger partial charge in [0.2, 0.25) is 10.0 Å². The van der Waals surface area contributed by atoms with Gasteiger partial charge in [0, 0.05) is 31.5 Å². The number of aromatic nitrogens is 1. The van der Waals surface area contributed by atoms with Crippen molar-refractivity contribution >= 4 is 26.8 Å². The fraction of sp³-hybridized carbons (Fsp3) is 0.286. The zero-order chi connectivity index (χ0) is 20.5. The van der Waals surface area contributed by atoms with E-state index in [2.05, 4.69) is 5.32 Å². The predicted molar refractivity (Wildman–Crippen MR) is 111 cm³/mol. The fourth-order valence-electron chi connectivity index (χ4n) is 3.24. The van der Waals surface area contributed by atoms with Crippen molar-refractivity contribution in [3.8, 4) is 0 Å². The van der Waals surface area contributed by atoms with Gasteiger partial charge in [0.05, 0.1) is 10.9 Å². The molecule has 1 heterocycles. The van der Waals surface area contributed by atoms with Crippen molar-refractivity contribution in [2.75, 3.05) is 14.1 Å². The van der Waals surface area contributed by atoms with Gasteiger partial charge < -0.3 is 9.88 Å². The molecule has 0 radical (unpaired) electrons. The highest BCUT2D eigenvalue weighted by atomic mass is 32.2. The van der Waals surface area contributed by atoms with Gasteiger partial charge in [-0.3, -0.25) is 4.79 Å². The predicted octanol–water partition coefficient (Wildman–Crippen LogP) is 3.40. The van der Waals surface area contributed by atoms with Crippen LogP contribution in [0.15, 0.2) is 59.5 Å². The van der Waals surface area contributed by atoms with E-state index >= 15 is 0 Å². The number of carbonyl (C=O) groups is 1. The summed E-state index contributed by atoms with van der Waals surface area (Å²) in [6, 6.07) is 16.3. The van der Waals surface area contributed by atoms with E-state index in [0.29, 0.717) is 12.2 Å². The van der Waals surface area contributed by atoms with Crippen molar-refractivity contribution in [2.45, 2.75) is 31.3 Å². The molecule has 1 aromatic heterocycles. The van der Waals surface area contributed by atoms with Gasteiger partial charge in [-0.1, -0.05) is 30.3 Å². The summed E-state index contributed by atoms with van der Waals surface area (Å²) >= 11 is 0. The first kappa shape index (κ1) is 20.1. The number of rotatable bonds is 6. The average Bonchev–Trinajstić information content (AvgIpc) is 3.06. The molecule has 0 aliphatic heterocycles. The first-order valence-electron chi connectivity index (χ1n) is 9.17. The SMILES string of the molecule is CCn1c(C(=O)N[C@@H](C)c2ccccc2)cc2cc(S(=O)(=O)N(C)C)ccc21. The molecular formula is C21H25N3O3S. The molecule has 0 unspecified atom stereocenters. The summed E-state index contributed by atoms with van der Waals surface area (Å²) in [5.74, 6) is -0.189. The molecule has 0 aliphatic rings. The Labute approximate surface area is 165 Å². The van der Waals surface area contributed by atoms with Crippen LogP contribution in [0, 0.1) is 0 Å². The summed E-state index contributed by atoms with van der Waals surface area (Å²) in [6.07, 6.45) is 0. The molecule has 0 spiro atoms. The highest BCUT2D eigenvalue weighted by molar-refractivity contribution is 7.89. The second kappa shape index (κ2) is 7.77. The van der Waals surface area contributed by atoms with Crippen molar-refractivity contribution < 1.29 is 13.2 Å². The molecule has 1 atom stereocenters. The van der Waals surface area contributed by atoms with Crippen molar-refractivity contribution in [2.24, 2.45) is 0 Å². The molecule has 3 aromatic rings. The van der Waals surface area contributed by atoms with Crippen LogP contribution in [0.5, 0.6) is 0 Å². The number of hydrogen-bond donors (Lipinski definition) is 1. The van der Waals surface area contributed by atoms with E-state index in [-0.39, 0.29) is 16.8 Å². The molecule has 0 saturated heterocycles. The van der Waals surface area contributed by atoms with Gasteiger partial charge in [-0.15, -0.1) is 0 Å². The van der Waals surface area contributed by atoms with Crippen LogP contribution >= 0.6 is 0 Å². The smallest absolute Gasteiger partial charge is 0.268 e. The van der Waals surface area contributed by atoms with Gasteiger partial charge in [0.1, 0.15) is 5.69 Å². The number of carbonyl (C=O) groups excluding carboxylic acids is 1. The Morgan fingerprint density at radius 3 is 2.39 bits per heavy atom. The third-order valence-corrected chi connectivity index (χ3v) is 6.66. The molecule has 0 saturated carbocycles. The first-order chi connectivity index (χ1) is 13.3. The molecule has 0 fully saturated rings. The number of amides is 1.